The smallest absolute Gasteiger partial charge is 0.158 e. The second-order valence-corrected chi connectivity index (χ2v) is 6.81. The maximum absolute atomic E-state index is 12.7. The van der Waals surface area contributed by atoms with Gasteiger partial charge in [0.1, 0.15) is 18.1 Å². The minimum atomic E-state index is -0.325. The summed E-state index contributed by atoms with van der Waals surface area (Å²) in [5, 5.41) is 24.2. The van der Waals surface area contributed by atoms with Gasteiger partial charge in [-0.2, -0.15) is 0 Å². The fourth-order valence-corrected chi connectivity index (χ4v) is 3.67. The molecular formula is C20H22FN5O. The number of aromatic nitrogens is 3. The summed E-state index contributed by atoms with van der Waals surface area (Å²) in [5.74, 6) is 0.837. The van der Waals surface area contributed by atoms with E-state index in [2.05, 4.69) is 25.4 Å². The Hall–Kier alpha value is -2.80. The van der Waals surface area contributed by atoms with Crippen molar-refractivity contribution < 1.29 is 9.50 Å². The average molecular weight is 367 g/mol. The van der Waals surface area contributed by atoms with E-state index in [1.165, 1.54) is 0 Å². The zero-order valence-corrected chi connectivity index (χ0v) is 15.0. The highest BCUT2D eigenvalue weighted by atomic mass is 19.1. The SMILES string of the molecule is Oc1ccccc1-c1nnc(N[C@@H]2CCCN(CCF)C2)c2cnccc12. The van der Waals surface area contributed by atoms with Gasteiger partial charge < -0.3 is 10.4 Å². The van der Waals surface area contributed by atoms with Crippen molar-refractivity contribution >= 4 is 16.6 Å². The van der Waals surface area contributed by atoms with Gasteiger partial charge in [0, 0.05) is 47.9 Å². The molecule has 27 heavy (non-hydrogen) atoms. The molecule has 0 radical (unpaired) electrons. The van der Waals surface area contributed by atoms with Gasteiger partial charge in [0.05, 0.1) is 0 Å². The summed E-state index contributed by atoms with van der Waals surface area (Å²) in [6, 6.07) is 9.17. The summed E-state index contributed by atoms with van der Waals surface area (Å²) in [6.07, 6.45) is 5.50. The van der Waals surface area contributed by atoms with Crippen LogP contribution in [0, 0.1) is 0 Å². The molecule has 7 heteroatoms. The summed E-state index contributed by atoms with van der Waals surface area (Å²) < 4.78 is 12.7. The number of piperidine rings is 1. The van der Waals surface area contributed by atoms with E-state index in [1.807, 2.05) is 18.2 Å². The lowest BCUT2D eigenvalue weighted by Gasteiger charge is -2.32. The number of rotatable bonds is 5. The molecule has 1 aromatic carbocycles. The number of hydrogen-bond acceptors (Lipinski definition) is 6. The number of phenols is 1. The van der Waals surface area contributed by atoms with E-state index in [4.69, 9.17) is 0 Å². The molecule has 2 aromatic heterocycles. The van der Waals surface area contributed by atoms with Crippen molar-refractivity contribution in [3.05, 3.63) is 42.7 Å². The van der Waals surface area contributed by atoms with Crippen LogP contribution in [0.5, 0.6) is 5.75 Å². The third kappa shape index (κ3) is 3.68. The molecular weight excluding hydrogens is 345 g/mol. The number of nitrogens with one attached hydrogen (secondary N) is 1. The van der Waals surface area contributed by atoms with E-state index in [0.29, 0.717) is 23.6 Å². The topological polar surface area (TPSA) is 74.2 Å². The molecule has 1 saturated heterocycles. The lowest BCUT2D eigenvalue weighted by molar-refractivity contribution is 0.200. The number of benzene rings is 1. The molecule has 6 nitrogen and oxygen atoms in total. The minimum Gasteiger partial charge on any atom is -0.507 e. The molecule has 4 rings (SSSR count). The molecule has 3 aromatic rings. The number of likely N-dealkylation sites (tertiary alicyclic amines) is 1. The number of fused-ring (bicyclic) bond motifs is 1. The van der Waals surface area contributed by atoms with Crippen molar-refractivity contribution in [2.24, 2.45) is 0 Å². The largest absolute Gasteiger partial charge is 0.507 e. The molecule has 1 atom stereocenters. The van der Waals surface area contributed by atoms with Gasteiger partial charge in [-0.25, -0.2) is 4.39 Å². The highest BCUT2D eigenvalue weighted by Gasteiger charge is 2.21. The Morgan fingerprint density at radius 2 is 2.07 bits per heavy atom. The van der Waals surface area contributed by atoms with Gasteiger partial charge in [0.15, 0.2) is 5.82 Å². The number of nitrogens with zero attached hydrogens (tertiary/aromatic N) is 4. The van der Waals surface area contributed by atoms with Crippen LogP contribution in [-0.4, -0.2) is 57.5 Å². The fraction of sp³-hybridized carbons (Fsp3) is 0.350. The van der Waals surface area contributed by atoms with Gasteiger partial charge in [-0.15, -0.1) is 10.2 Å². The van der Waals surface area contributed by atoms with Crippen LogP contribution in [0.15, 0.2) is 42.7 Å². The lowest BCUT2D eigenvalue weighted by Crippen LogP contribution is -2.43. The molecule has 0 unspecified atom stereocenters. The van der Waals surface area contributed by atoms with Crippen LogP contribution >= 0.6 is 0 Å². The maximum atomic E-state index is 12.7. The normalized spacial score (nSPS) is 17.9. The number of aromatic hydroxyl groups is 1. The summed E-state index contributed by atoms with van der Waals surface area (Å²) in [4.78, 5) is 6.37. The standard InChI is InChI=1S/C20H22FN5O/c21-8-11-26-10-3-4-14(13-26)23-20-17-12-22-9-7-15(17)19(24-25-20)16-5-1-2-6-18(16)27/h1-2,5-7,9,12,14,27H,3-4,8,10-11,13H2,(H,23,25)/t14-/m1/s1. The van der Waals surface area contributed by atoms with E-state index in [1.54, 1.807) is 24.5 Å². The molecule has 0 aliphatic carbocycles. The predicted molar refractivity (Wildman–Crippen MR) is 103 cm³/mol. The van der Waals surface area contributed by atoms with Crippen LogP contribution in [0.25, 0.3) is 22.0 Å². The number of halogens is 1. The maximum Gasteiger partial charge on any atom is 0.158 e. The van der Waals surface area contributed by atoms with Crippen LogP contribution in [0.4, 0.5) is 10.2 Å². The zero-order chi connectivity index (χ0) is 18.6. The van der Waals surface area contributed by atoms with Gasteiger partial charge in [-0.3, -0.25) is 9.88 Å². The first-order chi connectivity index (χ1) is 13.3. The third-order valence-corrected chi connectivity index (χ3v) is 4.99. The van der Waals surface area contributed by atoms with E-state index in [0.717, 1.165) is 36.7 Å². The first kappa shape index (κ1) is 17.6. The van der Waals surface area contributed by atoms with Crippen molar-refractivity contribution in [2.45, 2.75) is 18.9 Å². The predicted octanol–water partition coefficient (Wildman–Crippen LogP) is 3.24. The van der Waals surface area contributed by atoms with Crippen LogP contribution < -0.4 is 5.32 Å². The molecule has 0 saturated carbocycles. The first-order valence-electron chi connectivity index (χ1n) is 9.20. The van der Waals surface area contributed by atoms with Gasteiger partial charge in [0.2, 0.25) is 0 Å². The minimum absolute atomic E-state index is 0.166. The summed E-state index contributed by atoms with van der Waals surface area (Å²) in [6.45, 7) is 1.86. The molecule has 1 aliphatic rings. The number of alkyl halides is 1. The molecule has 2 N–H and O–H groups in total. The Morgan fingerprint density at radius 1 is 1.19 bits per heavy atom. The Bertz CT molecular complexity index is 933. The Kier molecular flexibility index (Phi) is 5.11. The highest BCUT2D eigenvalue weighted by molar-refractivity contribution is 6.00. The molecule has 1 fully saturated rings. The van der Waals surface area contributed by atoms with Crippen molar-refractivity contribution in [3.63, 3.8) is 0 Å². The van der Waals surface area contributed by atoms with Crippen LogP contribution in [0.1, 0.15) is 12.8 Å². The van der Waals surface area contributed by atoms with E-state index < -0.39 is 0 Å². The number of para-hydroxylation sites is 1. The Balaban J connectivity index is 1.67. The van der Waals surface area contributed by atoms with Gasteiger partial charge in [0.25, 0.3) is 0 Å². The van der Waals surface area contributed by atoms with Gasteiger partial charge in [-0.05, 0) is 37.6 Å². The number of anilines is 1. The second kappa shape index (κ2) is 7.84. The molecule has 0 bridgehead atoms. The van der Waals surface area contributed by atoms with Gasteiger partial charge >= 0.3 is 0 Å². The Labute approximate surface area is 157 Å². The molecule has 3 heterocycles. The van der Waals surface area contributed by atoms with Crippen molar-refractivity contribution in [1.82, 2.24) is 20.1 Å². The number of phenolic OH excluding ortho intramolecular Hbond substituents is 1. The van der Waals surface area contributed by atoms with Crippen LogP contribution in [0.2, 0.25) is 0 Å². The highest BCUT2D eigenvalue weighted by Crippen LogP contribution is 2.34. The van der Waals surface area contributed by atoms with E-state index in [-0.39, 0.29) is 18.5 Å². The quantitative estimate of drug-likeness (QED) is 0.721. The summed E-state index contributed by atoms with van der Waals surface area (Å²) in [5.41, 5.74) is 1.26. The zero-order valence-electron chi connectivity index (χ0n) is 15.0. The molecule has 140 valence electrons. The van der Waals surface area contributed by atoms with E-state index >= 15 is 0 Å². The van der Waals surface area contributed by atoms with Crippen molar-refractivity contribution in [3.8, 4) is 17.0 Å². The van der Waals surface area contributed by atoms with Crippen molar-refractivity contribution in [1.29, 1.82) is 0 Å². The fourth-order valence-electron chi connectivity index (χ4n) is 3.67. The molecule has 0 amide bonds. The lowest BCUT2D eigenvalue weighted by atomic mass is 10.0. The van der Waals surface area contributed by atoms with Crippen LogP contribution in [-0.2, 0) is 0 Å². The molecule has 0 spiro atoms. The Morgan fingerprint density at radius 3 is 2.93 bits per heavy atom. The van der Waals surface area contributed by atoms with Crippen LogP contribution in [0.3, 0.4) is 0 Å². The second-order valence-electron chi connectivity index (χ2n) is 6.81. The summed E-state index contributed by atoms with van der Waals surface area (Å²) >= 11 is 0. The number of pyridine rings is 1. The number of hydrogen-bond donors (Lipinski definition) is 2. The first-order valence-corrected chi connectivity index (χ1v) is 9.20. The van der Waals surface area contributed by atoms with Crippen molar-refractivity contribution in [2.75, 3.05) is 31.6 Å². The third-order valence-electron chi connectivity index (χ3n) is 4.99. The molecule has 1 aliphatic heterocycles. The monoisotopic (exact) mass is 367 g/mol. The summed E-state index contributed by atoms with van der Waals surface area (Å²) in [7, 11) is 0. The van der Waals surface area contributed by atoms with Gasteiger partial charge in [-0.1, -0.05) is 12.1 Å². The average Bonchev–Trinajstić information content (AvgIpc) is 2.70. The van der Waals surface area contributed by atoms with E-state index in [9.17, 15) is 9.50 Å².